The summed E-state index contributed by atoms with van der Waals surface area (Å²) in [6.07, 6.45) is 9.36. The highest BCUT2D eigenvalue weighted by atomic mass is 35.5. The molecule has 0 aliphatic carbocycles. The molecule has 1 atom stereocenters. The normalized spacial score (nSPS) is 13.1. The molecule has 0 amide bonds. The molecule has 3 rings (SSSR count). The molecule has 0 fully saturated rings. The van der Waals surface area contributed by atoms with Crippen LogP contribution in [0.3, 0.4) is 0 Å². The van der Waals surface area contributed by atoms with Crippen molar-refractivity contribution in [3.63, 3.8) is 0 Å². The largest absolute Gasteiger partial charge is 0.382 e. The van der Waals surface area contributed by atoms with E-state index in [1.165, 1.54) is 0 Å². The first-order valence-corrected chi connectivity index (χ1v) is 7.63. The maximum Gasteiger partial charge on any atom is 0.121 e. The van der Waals surface area contributed by atoms with Crippen molar-refractivity contribution in [2.45, 2.75) is 6.10 Å². The van der Waals surface area contributed by atoms with Gasteiger partial charge in [-0.05, 0) is 35.9 Å². The van der Waals surface area contributed by atoms with Crippen LogP contribution < -0.4 is 0 Å². The van der Waals surface area contributed by atoms with Crippen LogP contribution in [0.2, 0.25) is 10.0 Å². The van der Waals surface area contributed by atoms with Gasteiger partial charge in [-0.1, -0.05) is 29.3 Å². The first-order valence-electron chi connectivity index (χ1n) is 6.88. The Labute approximate surface area is 143 Å². The Hall–Kier alpha value is -2.14. The monoisotopic (exact) mass is 345 g/mol. The number of aromatic nitrogens is 3. The number of benzene rings is 1. The van der Waals surface area contributed by atoms with Crippen molar-refractivity contribution < 1.29 is 5.11 Å². The Morgan fingerprint density at radius 1 is 1.09 bits per heavy atom. The molecule has 3 aromatic rings. The lowest BCUT2D eigenvalue weighted by Gasteiger charge is -2.18. The van der Waals surface area contributed by atoms with Gasteiger partial charge in [-0.15, -0.1) is 0 Å². The van der Waals surface area contributed by atoms with Crippen LogP contribution >= 0.6 is 23.2 Å². The predicted octanol–water partition coefficient (Wildman–Crippen LogP) is 4.32. The van der Waals surface area contributed by atoms with Gasteiger partial charge in [-0.3, -0.25) is 4.98 Å². The molecule has 0 spiro atoms. The number of halogens is 2. The molecular formula is C17H13Cl2N3O. The number of rotatable bonds is 4. The van der Waals surface area contributed by atoms with Crippen molar-refractivity contribution in [3.8, 4) is 0 Å². The minimum atomic E-state index is -0.929. The summed E-state index contributed by atoms with van der Waals surface area (Å²) in [7, 11) is 0. The lowest BCUT2D eigenvalue weighted by Crippen LogP contribution is -2.07. The third-order valence-electron chi connectivity index (χ3n) is 3.36. The van der Waals surface area contributed by atoms with Gasteiger partial charge < -0.3 is 9.67 Å². The van der Waals surface area contributed by atoms with Crippen molar-refractivity contribution >= 4 is 35.0 Å². The summed E-state index contributed by atoms with van der Waals surface area (Å²) in [4.78, 5) is 8.04. The SMILES string of the molecule is OC(C(=Cc1ccncc1)n1ccnc1)c1ccc(Cl)cc1Cl. The number of aliphatic hydroxyl groups excluding tert-OH is 1. The smallest absolute Gasteiger partial charge is 0.121 e. The van der Waals surface area contributed by atoms with E-state index in [1.807, 2.05) is 18.2 Å². The van der Waals surface area contributed by atoms with Gasteiger partial charge in [-0.2, -0.15) is 0 Å². The summed E-state index contributed by atoms with van der Waals surface area (Å²) in [5.74, 6) is 0. The van der Waals surface area contributed by atoms with Crippen molar-refractivity contribution in [3.05, 3.63) is 82.6 Å². The summed E-state index contributed by atoms with van der Waals surface area (Å²) < 4.78 is 1.75. The molecule has 2 heterocycles. The van der Waals surface area contributed by atoms with Crippen LogP contribution in [0.1, 0.15) is 17.2 Å². The molecule has 0 saturated heterocycles. The third-order valence-corrected chi connectivity index (χ3v) is 3.92. The van der Waals surface area contributed by atoms with Crippen molar-refractivity contribution in [1.82, 2.24) is 14.5 Å². The van der Waals surface area contributed by atoms with Crippen LogP contribution in [0, 0.1) is 0 Å². The average molecular weight is 346 g/mol. The molecule has 116 valence electrons. The Morgan fingerprint density at radius 2 is 1.87 bits per heavy atom. The van der Waals surface area contributed by atoms with Gasteiger partial charge in [0, 0.05) is 40.4 Å². The molecule has 0 radical (unpaired) electrons. The van der Waals surface area contributed by atoms with Gasteiger partial charge in [0.1, 0.15) is 6.10 Å². The predicted molar refractivity (Wildman–Crippen MR) is 92.1 cm³/mol. The Kier molecular flexibility index (Phi) is 4.76. The molecular weight excluding hydrogens is 333 g/mol. The number of hydrogen-bond donors (Lipinski definition) is 1. The second-order valence-electron chi connectivity index (χ2n) is 4.89. The van der Waals surface area contributed by atoms with Crippen molar-refractivity contribution in [2.75, 3.05) is 0 Å². The van der Waals surface area contributed by atoms with Gasteiger partial charge in [0.05, 0.1) is 12.0 Å². The lowest BCUT2D eigenvalue weighted by molar-refractivity contribution is 0.232. The van der Waals surface area contributed by atoms with E-state index in [4.69, 9.17) is 23.2 Å². The molecule has 1 unspecified atom stereocenters. The van der Waals surface area contributed by atoms with E-state index < -0.39 is 6.10 Å². The fourth-order valence-electron chi connectivity index (χ4n) is 2.22. The van der Waals surface area contributed by atoms with E-state index >= 15 is 0 Å². The zero-order chi connectivity index (χ0) is 16.2. The minimum Gasteiger partial charge on any atom is -0.382 e. The molecule has 1 N–H and O–H groups in total. The van der Waals surface area contributed by atoms with E-state index in [1.54, 1.807) is 53.9 Å². The zero-order valence-corrected chi connectivity index (χ0v) is 13.5. The highest BCUT2D eigenvalue weighted by molar-refractivity contribution is 6.35. The van der Waals surface area contributed by atoms with Gasteiger partial charge in [0.25, 0.3) is 0 Å². The third kappa shape index (κ3) is 3.62. The average Bonchev–Trinajstić information content (AvgIpc) is 3.07. The van der Waals surface area contributed by atoms with Crippen molar-refractivity contribution in [1.29, 1.82) is 0 Å². The van der Waals surface area contributed by atoms with Crippen LogP contribution in [0.15, 0.2) is 61.4 Å². The Bertz CT molecular complexity index is 817. The molecule has 1 aromatic carbocycles. The first-order chi connectivity index (χ1) is 11.1. The standard InChI is InChI=1S/C17H13Cl2N3O/c18-13-1-2-14(15(19)10-13)17(23)16(22-8-7-21-11-22)9-12-3-5-20-6-4-12/h1-11,17,23H. The van der Waals surface area contributed by atoms with E-state index in [0.717, 1.165) is 5.56 Å². The number of aliphatic hydroxyl groups is 1. The molecule has 6 heteroatoms. The van der Waals surface area contributed by atoms with Gasteiger partial charge in [0.2, 0.25) is 0 Å². The molecule has 0 bridgehead atoms. The number of pyridine rings is 1. The molecule has 2 aromatic heterocycles. The quantitative estimate of drug-likeness (QED) is 0.766. The second-order valence-corrected chi connectivity index (χ2v) is 5.73. The summed E-state index contributed by atoms with van der Waals surface area (Å²) in [5.41, 5.74) is 2.11. The number of nitrogens with zero attached hydrogens (tertiary/aromatic N) is 3. The maximum absolute atomic E-state index is 10.8. The van der Waals surface area contributed by atoms with Crippen LogP contribution in [-0.2, 0) is 0 Å². The van der Waals surface area contributed by atoms with Gasteiger partial charge in [0.15, 0.2) is 0 Å². The van der Waals surface area contributed by atoms with E-state index in [9.17, 15) is 5.11 Å². The lowest BCUT2D eigenvalue weighted by atomic mass is 10.0. The zero-order valence-electron chi connectivity index (χ0n) is 12.0. The highest BCUT2D eigenvalue weighted by Crippen LogP contribution is 2.33. The maximum atomic E-state index is 10.8. The Balaban J connectivity index is 2.07. The number of hydrogen-bond acceptors (Lipinski definition) is 3. The topological polar surface area (TPSA) is 50.9 Å². The van der Waals surface area contributed by atoms with Gasteiger partial charge >= 0.3 is 0 Å². The fraction of sp³-hybridized carbons (Fsp3) is 0.0588. The van der Waals surface area contributed by atoms with Gasteiger partial charge in [-0.25, -0.2) is 4.98 Å². The van der Waals surface area contributed by atoms with Crippen LogP contribution in [0.5, 0.6) is 0 Å². The van der Waals surface area contributed by atoms with Crippen molar-refractivity contribution in [2.24, 2.45) is 0 Å². The molecule has 4 nitrogen and oxygen atoms in total. The summed E-state index contributed by atoms with van der Waals surface area (Å²) >= 11 is 12.2. The first kappa shape index (κ1) is 15.7. The van der Waals surface area contributed by atoms with E-state index in [0.29, 0.717) is 21.3 Å². The van der Waals surface area contributed by atoms with Crippen LogP contribution in [-0.4, -0.2) is 19.6 Å². The molecule has 0 aliphatic rings. The summed E-state index contributed by atoms with van der Waals surface area (Å²) in [6, 6.07) is 8.73. The van der Waals surface area contributed by atoms with Crippen LogP contribution in [0.25, 0.3) is 11.8 Å². The molecule has 0 saturated carbocycles. The van der Waals surface area contributed by atoms with E-state index in [-0.39, 0.29) is 0 Å². The van der Waals surface area contributed by atoms with E-state index in [2.05, 4.69) is 9.97 Å². The second kappa shape index (κ2) is 6.96. The molecule has 23 heavy (non-hydrogen) atoms. The Morgan fingerprint density at radius 3 is 2.52 bits per heavy atom. The van der Waals surface area contributed by atoms with Crippen LogP contribution in [0.4, 0.5) is 0 Å². The highest BCUT2D eigenvalue weighted by Gasteiger charge is 2.18. The fourth-order valence-corrected chi connectivity index (χ4v) is 2.73. The summed E-state index contributed by atoms with van der Waals surface area (Å²) in [5, 5.41) is 11.8. The minimum absolute atomic E-state index is 0.408. The molecule has 0 aliphatic heterocycles. The number of imidazole rings is 1. The summed E-state index contributed by atoms with van der Waals surface area (Å²) in [6.45, 7) is 0.